The largest absolute Gasteiger partial charge is 0.465 e. The SMILES string of the molecule is COC(=O)c1cccc(-c2ccc3nc[nH]c3c2)c1C. The molecule has 3 rings (SSSR count). The van der Waals surface area contributed by atoms with Gasteiger partial charge in [-0.1, -0.05) is 18.2 Å². The molecule has 2 aromatic carbocycles. The lowest BCUT2D eigenvalue weighted by Gasteiger charge is -2.10. The van der Waals surface area contributed by atoms with Gasteiger partial charge in [-0.2, -0.15) is 0 Å². The van der Waals surface area contributed by atoms with Crippen LogP contribution < -0.4 is 0 Å². The molecule has 0 saturated heterocycles. The van der Waals surface area contributed by atoms with Gasteiger partial charge in [0.25, 0.3) is 0 Å². The molecule has 0 aliphatic carbocycles. The first-order valence-electron chi connectivity index (χ1n) is 6.32. The zero-order valence-corrected chi connectivity index (χ0v) is 11.3. The molecule has 0 aliphatic rings. The quantitative estimate of drug-likeness (QED) is 0.724. The van der Waals surface area contributed by atoms with Gasteiger partial charge in [-0.05, 0) is 41.8 Å². The van der Waals surface area contributed by atoms with Crippen LogP contribution in [0.1, 0.15) is 15.9 Å². The van der Waals surface area contributed by atoms with Gasteiger partial charge in [0.05, 0.1) is 30.0 Å². The molecular formula is C16H14N2O2. The van der Waals surface area contributed by atoms with Crippen molar-refractivity contribution in [1.29, 1.82) is 0 Å². The first-order valence-corrected chi connectivity index (χ1v) is 6.32. The number of hydrogen-bond donors (Lipinski definition) is 1. The van der Waals surface area contributed by atoms with Crippen LogP contribution >= 0.6 is 0 Å². The van der Waals surface area contributed by atoms with Crippen molar-refractivity contribution in [2.45, 2.75) is 6.92 Å². The van der Waals surface area contributed by atoms with Gasteiger partial charge < -0.3 is 9.72 Å². The van der Waals surface area contributed by atoms with Crippen molar-refractivity contribution in [2.75, 3.05) is 7.11 Å². The summed E-state index contributed by atoms with van der Waals surface area (Å²) in [5.74, 6) is -0.313. The molecule has 0 radical (unpaired) electrons. The topological polar surface area (TPSA) is 55.0 Å². The molecule has 1 aromatic heterocycles. The number of carbonyl (C=O) groups is 1. The Labute approximate surface area is 116 Å². The highest BCUT2D eigenvalue weighted by Crippen LogP contribution is 2.28. The average molecular weight is 266 g/mol. The Bertz CT molecular complexity index is 790. The van der Waals surface area contributed by atoms with Crippen molar-refractivity contribution in [1.82, 2.24) is 9.97 Å². The Morgan fingerprint density at radius 3 is 2.90 bits per heavy atom. The molecule has 4 nitrogen and oxygen atoms in total. The monoisotopic (exact) mass is 266 g/mol. The molecule has 0 spiro atoms. The number of aromatic nitrogens is 2. The van der Waals surface area contributed by atoms with E-state index in [0.29, 0.717) is 5.56 Å². The maximum atomic E-state index is 11.8. The van der Waals surface area contributed by atoms with E-state index in [1.807, 2.05) is 37.3 Å². The minimum atomic E-state index is -0.313. The number of aromatic amines is 1. The summed E-state index contributed by atoms with van der Waals surface area (Å²) in [4.78, 5) is 19.1. The van der Waals surface area contributed by atoms with Crippen LogP contribution in [0.5, 0.6) is 0 Å². The smallest absolute Gasteiger partial charge is 0.338 e. The van der Waals surface area contributed by atoms with Crippen molar-refractivity contribution in [3.8, 4) is 11.1 Å². The van der Waals surface area contributed by atoms with E-state index in [4.69, 9.17) is 4.74 Å². The van der Waals surface area contributed by atoms with Gasteiger partial charge in [0, 0.05) is 0 Å². The lowest BCUT2D eigenvalue weighted by atomic mass is 9.96. The Hall–Kier alpha value is -2.62. The standard InChI is InChI=1S/C16H14N2O2/c1-10-12(4-3-5-13(10)16(19)20-2)11-6-7-14-15(8-11)18-9-17-14/h3-9H,1-2H3,(H,17,18). The lowest BCUT2D eigenvalue weighted by Crippen LogP contribution is -2.04. The third-order valence-electron chi connectivity index (χ3n) is 3.47. The van der Waals surface area contributed by atoms with E-state index in [1.54, 1.807) is 12.4 Å². The van der Waals surface area contributed by atoms with Crippen LogP contribution in [0.3, 0.4) is 0 Å². The molecule has 100 valence electrons. The number of carbonyl (C=O) groups excluding carboxylic acids is 1. The first-order chi connectivity index (χ1) is 9.70. The molecule has 0 aliphatic heterocycles. The molecule has 0 fully saturated rings. The van der Waals surface area contributed by atoms with Crippen LogP contribution in [0.4, 0.5) is 0 Å². The Balaban J connectivity index is 2.16. The molecule has 20 heavy (non-hydrogen) atoms. The zero-order chi connectivity index (χ0) is 14.1. The predicted octanol–water partition coefficient (Wildman–Crippen LogP) is 3.32. The highest BCUT2D eigenvalue weighted by molar-refractivity contribution is 5.94. The molecule has 0 saturated carbocycles. The molecular weight excluding hydrogens is 252 g/mol. The molecule has 0 amide bonds. The summed E-state index contributed by atoms with van der Waals surface area (Å²) < 4.78 is 4.81. The number of hydrogen-bond acceptors (Lipinski definition) is 3. The summed E-state index contributed by atoms with van der Waals surface area (Å²) in [6.07, 6.45) is 1.67. The number of nitrogens with one attached hydrogen (secondary N) is 1. The molecule has 4 heteroatoms. The highest BCUT2D eigenvalue weighted by Gasteiger charge is 2.13. The van der Waals surface area contributed by atoms with E-state index >= 15 is 0 Å². The fourth-order valence-corrected chi connectivity index (χ4v) is 2.38. The van der Waals surface area contributed by atoms with Crippen molar-refractivity contribution >= 4 is 17.0 Å². The summed E-state index contributed by atoms with van der Waals surface area (Å²) in [5.41, 5.74) is 5.48. The molecule has 0 bridgehead atoms. The van der Waals surface area contributed by atoms with E-state index in [-0.39, 0.29) is 5.97 Å². The summed E-state index contributed by atoms with van der Waals surface area (Å²) in [5, 5.41) is 0. The number of ether oxygens (including phenoxy) is 1. The first kappa shape index (κ1) is 12.4. The number of methoxy groups -OCH3 is 1. The van der Waals surface area contributed by atoms with E-state index in [9.17, 15) is 4.79 Å². The van der Waals surface area contributed by atoms with Crippen LogP contribution in [0.15, 0.2) is 42.7 Å². The van der Waals surface area contributed by atoms with Gasteiger partial charge in [0.2, 0.25) is 0 Å². The van der Waals surface area contributed by atoms with Gasteiger partial charge in [0.15, 0.2) is 0 Å². The third kappa shape index (κ3) is 1.95. The average Bonchev–Trinajstić information content (AvgIpc) is 2.94. The lowest BCUT2D eigenvalue weighted by molar-refractivity contribution is 0.0600. The second-order valence-corrected chi connectivity index (χ2v) is 4.60. The van der Waals surface area contributed by atoms with Gasteiger partial charge in [0.1, 0.15) is 0 Å². The second kappa shape index (κ2) is 4.81. The Morgan fingerprint density at radius 1 is 1.25 bits per heavy atom. The highest BCUT2D eigenvalue weighted by atomic mass is 16.5. The van der Waals surface area contributed by atoms with Crippen molar-refractivity contribution < 1.29 is 9.53 Å². The van der Waals surface area contributed by atoms with Gasteiger partial charge in [-0.25, -0.2) is 9.78 Å². The van der Waals surface area contributed by atoms with E-state index < -0.39 is 0 Å². The number of H-pyrrole nitrogens is 1. The van der Waals surface area contributed by atoms with E-state index in [1.165, 1.54) is 7.11 Å². The number of nitrogens with zero attached hydrogens (tertiary/aromatic N) is 1. The number of imidazole rings is 1. The minimum absolute atomic E-state index is 0.313. The predicted molar refractivity (Wildman–Crippen MR) is 77.6 cm³/mol. The fourth-order valence-electron chi connectivity index (χ4n) is 2.38. The number of fused-ring (bicyclic) bond motifs is 1. The maximum Gasteiger partial charge on any atom is 0.338 e. The normalized spacial score (nSPS) is 10.7. The second-order valence-electron chi connectivity index (χ2n) is 4.60. The van der Waals surface area contributed by atoms with Crippen molar-refractivity contribution in [3.63, 3.8) is 0 Å². The van der Waals surface area contributed by atoms with Gasteiger partial charge >= 0.3 is 5.97 Å². The van der Waals surface area contributed by atoms with Crippen LogP contribution in [0.25, 0.3) is 22.2 Å². The van der Waals surface area contributed by atoms with Gasteiger partial charge in [-0.15, -0.1) is 0 Å². The van der Waals surface area contributed by atoms with E-state index in [2.05, 4.69) is 9.97 Å². The number of esters is 1. The molecule has 3 aromatic rings. The third-order valence-corrected chi connectivity index (χ3v) is 3.47. The summed E-state index contributed by atoms with van der Waals surface area (Å²) >= 11 is 0. The molecule has 1 heterocycles. The molecule has 0 atom stereocenters. The number of benzene rings is 2. The van der Waals surface area contributed by atoms with Crippen molar-refractivity contribution in [2.24, 2.45) is 0 Å². The maximum absolute atomic E-state index is 11.8. The van der Waals surface area contributed by atoms with Crippen molar-refractivity contribution in [3.05, 3.63) is 53.9 Å². The van der Waals surface area contributed by atoms with Crippen LogP contribution in [-0.2, 0) is 4.74 Å². The fraction of sp³-hybridized carbons (Fsp3) is 0.125. The zero-order valence-electron chi connectivity index (χ0n) is 11.3. The minimum Gasteiger partial charge on any atom is -0.465 e. The van der Waals surface area contributed by atoms with Crippen LogP contribution in [-0.4, -0.2) is 23.0 Å². The number of rotatable bonds is 2. The van der Waals surface area contributed by atoms with Crippen LogP contribution in [0.2, 0.25) is 0 Å². The Kier molecular flexibility index (Phi) is 2.99. The Morgan fingerprint density at radius 2 is 2.10 bits per heavy atom. The summed E-state index contributed by atoms with van der Waals surface area (Å²) in [6, 6.07) is 11.6. The van der Waals surface area contributed by atoms with Gasteiger partial charge in [-0.3, -0.25) is 0 Å². The van der Waals surface area contributed by atoms with Crippen LogP contribution in [0, 0.1) is 6.92 Å². The summed E-state index contributed by atoms with van der Waals surface area (Å²) in [6.45, 7) is 1.93. The van der Waals surface area contributed by atoms with E-state index in [0.717, 1.165) is 27.7 Å². The molecule has 0 unspecified atom stereocenters. The molecule has 1 N–H and O–H groups in total. The summed E-state index contributed by atoms with van der Waals surface area (Å²) in [7, 11) is 1.39.